The highest BCUT2D eigenvalue weighted by molar-refractivity contribution is 5.82. The second-order valence-electron chi connectivity index (χ2n) is 4.70. The first-order chi connectivity index (χ1) is 6.75. The fourth-order valence-corrected chi connectivity index (χ4v) is 0.977. The van der Waals surface area contributed by atoms with Gasteiger partial charge >= 0.3 is 0 Å². The van der Waals surface area contributed by atoms with Crippen LogP contribution in [-0.2, 0) is 9.59 Å². The van der Waals surface area contributed by atoms with Crippen LogP contribution in [0.4, 0.5) is 0 Å². The maximum atomic E-state index is 11.5. The van der Waals surface area contributed by atoms with Crippen LogP contribution in [0.2, 0.25) is 0 Å². The lowest BCUT2D eigenvalue weighted by Crippen LogP contribution is -2.48. The molecule has 0 saturated heterocycles. The Hall–Kier alpha value is -1.10. The molecule has 0 aliphatic rings. The summed E-state index contributed by atoms with van der Waals surface area (Å²) in [4.78, 5) is 21.9. The molecule has 0 aromatic carbocycles. The van der Waals surface area contributed by atoms with Crippen molar-refractivity contribution in [3.05, 3.63) is 0 Å². The van der Waals surface area contributed by atoms with Gasteiger partial charge in [0.1, 0.15) is 0 Å². The van der Waals surface area contributed by atoms with Crippen molar-refractivity contribution in [1.82, 2.24) is 5.32 Å². The number of amides is 2. The van der Waals surface area contributed by atoms with Crippen LogP contribution in [0, 0.1) is 5.41 Å². The van der Waals surface area contributed by atoms with Crippen molar-refractivity contribution < 1.29 is 9.59 Å². The number of hydrogen-bond donors (Lipinski definition) is 3. The zero-order valence-corrected chi connectivity index (χ0v) is 9.67. The van der Waals surface area contributed by atoms with Gasteiger partial charge in [0.25, 0.3) is 0 Å². The Balaban J connectivity index is 3.80. The van der Waals surface area contributed by atoms with Gasteiger partial charge in [-0.05, 0) is 11.8 Å². The summed E-state index contributed by atoms with van der Waals surface area (Å²) in [6.07, 6.45) is 0.836. The van der Waals surface area contributed by atoms with Crippen LogP contribution in [0.25, 0.3) is 0 Å². The van der Waals surface area contributed by atoms with E-state index in [0.29, 0.717) is 13.0 Å². The molecule has 0 aromatic heterocycles. The van der Waals surface area contributed by atoms with Crippen molar-refractivity contribution in [2.75, 3.05) is 6.54 Å². The Bertz CT molecular complexity index is 233. The summed E-state index contributed by atoms with van der Waals surface area (Å²) in [6.45, 7) is 6.15. The molecule has 5 heteroatoms. The second kappa shape index (κ2) is 5.70. The molecular formula is C10H21N3O2. The number of carbonyl (C=O) groups excluding carboxylic acids is 2. The van der Waals surface area contributed by atoms with E-state index in [1.165, 1.54) is 0 Å². The number of nitrogens with one attached hydrogen (secondary N) is 1. The molecule has 5 N–H and O–H groups in total. The lowest BCUT2D eigenvalue weighted by Gasteiger charge is -2.25. The van der Waals surface area contributed by atoms with Crippen molar-refractivity contribution in [2.24, 2.45) is 16.9 Å². The number of hydrogen-bond acceptors (Lipinski definition) is 3. The third-order valence-corrected chi connectivity index (χ3v) is 2.11. The van der Waals surface area contributed by atoms with E-state index in [-0.39, 0.29) is 23.7 Å². The minimum Gasteiger partial charge on any atom is -0.370 e. The summed E-state index contributed by atoms with van der Waals surface area (Å²) in [5.74, 6) is -0.545. The van der Waals surface area contributed by atoms with Crippen LogP contribution in [0.3, 0.4) is 0 Å². The molecule has 2 amide bonds. The second-order valence-corrected chi connectivity index (χ2v) is 4.70. The van der Waals surface area contributed by atoms with Crippen LogP contribution < -0.4 is 16.8 Å². The van der Waals surface area contributed by atoms with Gasteiger partial charge in [0, 0.05) is 13.0 Å². The van der Waals surface area contributed by atoms with E-state index >= 15 is 0 Å². The van der Waals surface area contributed by atoms with Gasteiger partial charge in [-0.1, -0.05) is 20.8 Å². The van der Waals surface area contributed by atoms with Gasteiger partial charge in [0.05, 0.1) is 6.04 Å². The Morgan fingerprint density at radius 2 is 1.87 bits per heavy atom. The Labute approximate surface area is 90.6 Å². The SMILES string of the molecule is CC(C)(C)C(N)C(=O)NCCCC(N)=O. The van der Waals surface area contributed by atoms with Crippen molar-refractivity contribution in [3.8, 4) is 0 Å². The normalized spacial score (nSPS) is 13.3. The Kier molecular flexibility index (Phi) is 5.28. The van der Waals surface area contributed by atoms with Gasteiger partial charge < -0.3 is 16.8 Å². The molecule has 1 atom stereocenters. The number of carbonyl (C=O) groups is 2. The molecule has 0 radical (unpaired) electrons. The molecule has 0 aliphatic carbocycles. The molecule has 88 valence electrons. The summed E-state index contributed by atoms with van der Waals surface area (Å²) in [7, 11) is 0. The Morgan fingerprint density at radius 1 is 1.33 bits per heavy atom. The molecule has 0 bridgehead atoms. The van der Waals surface area contributed by atoms with Gasteiger partial charge in [0.15, 0.2) is 0 Å². The van der Waals surface area contributed by atoms with Crippen molar-refractivity contribution in [1.29, 1.82) is 0 Å². The van der Waals surface area contributed by atoms with Gasteiger partial charge in [-0.25, -0.2) is 0 Å². The average molecular weight is 215 g/mol. The fourth-order valence-electron chi connectivity index (χ4n) is 0.977. The van der Waals surface area contributed by atoms with E-state index in [9.17, 15) is 9.59 Å². The molecule has 0 aliphatic heterocycles. The highest BCUT2D eigenvalue weighted by Gasteiger charge is 2.26. The summed E-state index contributed by atoms with van der Waals surface area (Å²) < 4.78 is 0. The molecule has 0 fully saturated rings. The molecule has 0 saturated carbocycles. The van der Waals surface area contributed by atoms with Crippen LogP contribution in [0.5, 0.6) is 0 Å². The van der Waals surface area contributed by atoms with E-state index in [1.807, 2.05) is 20.8 Å². The van der Waals surface area contributed by atoms with E-state index in [1.54, 1.807) is 0 Å². The first kappa shape index (κ1) is 13.9. The molecule has 1 unspecified atom stereocenters. The third-order valence-electron chi connectivity index (χ3n) is 2.11. The zero-order valence-electron chi connectivity index (χ0n) is 9.67. The number of rotatable bonds is 5. The summed E-state index contributed by atoms with van der Waals surface area (Å²) >= 11 is 0. The standard InChI is InChI=1S/C10H21N3O2/c1-10(2,3)8(12)9(15)13-6-4-5-7(11)14/h8H,4-6,12H2,1-3H3,(H2,11,14)(H,13,15). The minimum absolute atomic E-state index is 0.188. The molecule has 0 heterocycles. The summed E-state index contributed by atoms with van der Waals surface area (Å²) in [6, 6.07) is -0.536. The van der Waals surface area contributed by atoms with Crippen molar-refractivity contribution >= 4 is 11.8 Å². The van der Waals surface area contributed by atoms with Crippen LogP contribution in [-0.4, -0.2) is 24.4 Å². The monoisotopic (exact) mass is 215 g/mol. The molecule has 0 spiro atoms. The van der Waals surface area contributed by atoms with Crippen LogP contribution in [0.15, 0.2) is 0 Å². The predicted molar refractivity (Wildman–Crippen MR) is 58.9 cm³/mol. The molecule has 5 nitrogen and oxygen atoms in total. The third kappa shape index (κ3) is 6.06. The first-order valence-electron chi connectivity index (χ1n) is 5.06. The highest BCUT2D eigenvalue weighted by atomic mass is 16.2. The number of primary amides is 1. The van der Waals surface area contributed by atoms with E-state index < -0.39 is 6.04 Å². The lowest BCUT2D eigenvalue weighted by molar-refractivity contribution is -0.125. The van der Waals surface area contributed by atoms with Crippen LogP contribution in [0.1, 0.15) is 33.6 Å². The van der Waals surface area contributed by atoms with Gasteiger partial charge in [0.2, 0.25) is 11.8 Å². The van der Waals surface area contributed by atoms with E-state index in [0.717, 1.165) is 0 Å². The highest BCUT2D eigenvalue weighted by Crippen LogP contribution is 2.16. The summed E-state index contributed by atoms with van der Waals surface area (Å²) in [5.41, 5.74) is 10.4. The van der Waals surface area contributed by atoms with E-state index in [2.05, 4.69) is 5.32 Å². The molecule has 0 aromatic rings. The van der Waals surface area contributed by atoms with Crippen molar-refractivity contribution in [3.63, 3.8) is 0 Å². The van der Waals surface area contributed by atoms with Gasteiger partial charge in [-0.2, -0.15) is 0 Å². The average Bonchev–Trinajstić information content (AvgIpc) is 2.09. The molecular weight excluding hydrogens is 194 g/mol. The molecule has 0 rings (SSSR count). The maximum Gasteiger partial charge on any atom is 0.237 e. The van der Waals surface area contributed by atoms with Crippen LogP contribution >= 0.6 is 0 Å². The topological polar surface area (TPSA) is 98.2 Å². The van der Waals surface area contributed by atoms with Gasteiger partial charge in [-0.3, -0.25) is 9.59 Å². The quantitative estimate of drug-likeness (QED) is 0.551. The predicted octanol–water partition coefficient (Wildman–Crippen LogP) is -0.258. The van der Waals surface area contributed by atoms with Gasteiger partial charge in [-0.15, -0.1) is 0 Å². The summed E-state index contributed by atoms with van der Waals surface area (Å²) in [5, 5.41) is 2.67. The molecule has 15 heavy (non-hydrogen) atoms. The fraction of sp³-hybridized carbons (Fsp3) is 0.800. The van der Waals surface area contributed by atoms with Crippen molar-refractivity contribution in [2.45, 2.75) is 39.7 Å². The minimum atomic E-state index is -0.536. The zero-order chi connectivity index (χ0) is 12.1. The van der Waals surface area contributed by atoms with E-state index in [4.69, 9.17) is 11.5 Å². The smallest absolute Gasteiger partial charge is 0.237 e. The Morgan fingerprint density at radius 3 is 2.27 bits per heavy atom. The number of nitrogens with two attached hydrogens (primary N) is 2. The lowest BCUT2D eigenvalue weighted by atomic mass is 9.87. The first-order valence-corrected chi connectivity index (χ1v) is 5.06. The maximum absolute atomic E-state index is 11.5. The largest absolute Gasteiger partial charge is 0.370 e.